The van der Waals surface area contributed by atoms with Crippen LogP contribution < -0.4 is 15.4 Å². The molecular formula is C18H28N2O2S. The number of amides is 1. The fourth-order valence-electron chi connectivity index (χ4n) is 2.04. The minimum absolute atomic E-state index is 0.0661. The molecule has 4 nitrogen and oxygen atoms in total. The van der Waals surface area contributed by atoms with Gasteiger partial charge in [0.1, 0.15) is 5.75 Å². The van der Waals surface area contributed by atoms with Crippen LogP contribution >= 0.6 is 12.2 Å². The molecule has 1 amide bonds. The van der Waals surface area contributed by atoms with Gasteiger partial charge in [-0.15, -0.1) is 0 Å². The average Bonchev–Trinajstić information content (AvgIpc) is 2.53. The van der Waals surface area contributed by atoms with Crippen LogP contribution in [0.5, 0.6) is 5.75 Å². The summed E-state index contributed by atoms with van der Waals surface area (Å²) in [5.74, 6) is 0.767. The first kappa shape index (κ1) is 19.4. The second kappa shape index (κ2) is 11.9. The van der Waals surface area contributed by atoms with E-state index < -0.39 is 0 Å². The van der Waals surface area contributed by atoms with Gasteiger partial charge in [0.25, 0.3) is 0 Å². The van der Waals surface area contributed by atoms with Crippen LogP contribution in [0.15, 0.2) is 24.3 Å². The van der Waals surface area contributed by atoms with E-state index in [2.05, 4.69) is 17.6 Å². The van der Waals surface area contributed by atoms with Gasteiger partial charge < -0.3 is 15.4 Å². The van der Waals surface area contributed by atoms with Crippen molar-refractivity contribution in [3.05, 3.63) is 29.8 Å². The number of ether oxygens (including phenoxy) is 1. The number of unbranched alkanes of at least 4 members (excludes halogenated alkanes) is 3. The molecule has 0 aliphatic rings. The summed E-state index contributed by atoms with van der Waals surface area (Å²) < 4.78 is 5.59. The third kappa shape index (κ3) is 9.89. The van der Waals surface area contributed by atoms with Crippen molar-refractivity contribution in [3.63, 3.8) is 0 Å². The quantitative estimate of drug-likeness (QED) is 0.505. The molecular weight excluding hydrogens is 308 g/mol. The maximum atomic E-state index is 11.8. The highest BCUT2D eigenvalue weighted by Gasteiger charge is 2.04. The van der Waals surface area contributed by atoms with Crippen LogP contribution in [0, 0.1) is 6.92 Å². The molecule has 0 bridgehead atoms. The van der Waals surface area contributed by atoms with Crippen molar-refractivity contribution in [2.24, 2.45) is 0 Å². The van der Waals surface area contributed by atoms with E-state index in [1.54, 1.807) is 0 Å². The number of nitrogens with one attached hydrogen (secondary N) is 2. The van der Waals surface area contributed by atoms with Crippen LogP contribution in [0.1, 0.15) is 51.0 Å². The van der Waals surface area contributed by atoms with Gasteiger partial charge >= 0.3 is 0 Å². The van der Waals surface area contributed by atoms with Crippen LogP contribution in [0.2, 0.25) is 0 Å². The molecule has 0 unspecified atom stereocenters. The van der Waals surface area contributed by atoms with E-state index in [1.807, 2.05) is 31.2 Å². The molecule has 1 rings (SSSR count). The fraction of sp³-hybridized carbons (Fsp3) is 0.556. The Balaban J connectivity index is 2.05. The summed E-state index contributed by atoms with van der Waals surface area (Å²) in [6.07, 6.45) is 5.79. The Labute approximate surface area is 145 Å². The van der Waals surface area contributed by atoms with Crippen molar-refractivity contribution in [3.8, 4) is 5.75 Å². The zero-order valence-corrected chi connectivity index (χ0v) is 15.0. The predicted octanol–water partition coefficient (Wildman–Crippen LogP) is 3.73. The summed E-state index contributed by atoms with van der Waals surface area (Å²) in [6.45, 7) is 5.55. The monoisotopic (exact) mass is 336 g/mol. The molecule has 0 saturated heterocycles. The normalized spacial score (nSPS) is 10.2. The molecule has 23 heavy (non-hydrogen) atoms. The first-order chi connectivity index (χ1) is 11.1. The molecule has 0 heterocycles. The van der Waals surface area contributed by atoms with Crippen molar-refractivity contribution in [2.75, 3.05) is 13.2 Å². The molecule has 0 atom stereocenters. The van der Waals surface area contributed by atoms with E-state index in [9.17, 15) is 4.79 Å². The second-order valence-corrected chi connectivity index (χ2v) is 6.04. The molecule has 0 saturated carbocycles. The number of hydrogen-bond acceptors (Lipinski definition) is 3. The molecule has 5 heteroatoms. The number of benzene rings is 1. The number of thiocarbonyl (C=S) groups is 1. The SMILES string of the molecule is CCCCCCNC(=S)NC(=O)CCCOc1ccc(C)cc1. The zero-order valence-electron chi connectivity index (χ0n) is 14.2. The fourth-order valence-corrected chi connectivity index (χ4v) is 2.26. The largest absolute Gasteiger partial charge is 0.494 e. The van der Waals surface area contributed by atoms with Crippen LogP contribution in [-0.4, -0.2) is 24.2 Å². The van der Waals surface area contributed by atoms with E-state index >= 15 is 0 Å². The molecule has 1 aromatic rings. The van der Waals surface area contributed by atoms with Gasteiger partial charge in [0.05, 0.1) is 6.61 Å². The number of carbonyl (C=O) groups is 1. The Kier molecular flexibility index (Phi) is 10.0. The minimum atomic E-state index is -0.0661. The third-order valence-electron chi connectivity index (χ3n) is 3.41. The molecule has 0 aliphatic carbocycles. The van der Waals surface area contributed by atoms with Crippen LogP contribution in [0.4, 0.5) is 0 Å². The van der Waals surface area contributed by atoms with Crippen molar-refractivity contribution in [2.45, 2.75) is 52.4 Å². The minimum Gasteiger partial charge on any atom is -0.494 e. The Hall–Kier alpha value is -1.62. The Bertz CT molecular complexity index is 474. The van der Waals surface area contributed by atoms with Crippen LogP contribution in [0.25, 0.3) is 0 Å². The smallest absolute Gasteiger partial charge is 0.226 e. The molecule has 0 aromatic heterocycles. The van der Waals surface area contributed by atoms with Gasteiger partial charge in [-0.2, -0.15) is 0 Å². The standard InChI is InChI=1S/C18H28N2O2S/c1-3-4-5-6-13-19-18(23)20-17(21)8-7-14-22-16-11-9-15(2)10-12-16/h9-12H,3-8,13-14H2,1-2H3,(H2,19,20,21,23). The van der Waals surface area contributed by atoms with E-state index in [0.29, 0.717) is 24.6 Å². The predicted molar refractivity (Wildman–Crippen MR) is 98.8 cm³/mol. The molecule has 1 aromatic carbocycles. The van der Waals surface area contributed by atoms with Crippen molar-refractivity contribution >= 4 is 23.2 Å². The Morgan fingerprint density at radius 3 is 2.57 bits per heavy atom. The maximum Gasteiger partial charge on any atom is 0.226 e. The molecule has 0 aliphatic heterocycles. The van der Waals surface area contributed by atoms with E-state index in [-0.39, 0.29) is 5.91 Å². The maximum absolute atomic E-state index is 11.8. The highest BCUT2D eigenvalue weighted by molar-refractivity contribution is 7.80. The first-order valence-electron chi connectivity index (χ1n) is 8.39. The molecule has 0 fully saturated rings. The van der Waals surface area contributed by atoms with Crippen molar-refractivity contribution in [1.82, 2.24) is 10.6 Å². The summed E-state index contributed by atoms with van der Waals surface area (Å²) in [4.78, 5) is 11.8. The number of carbonyl (C=O) groups excluding carboxylic acids is 1. The van der Waals surface area contributed by atoms with Gasteiger partial charge in [-0.25, -0.2) is 0 Å². The third-order valence-corrected chi connectivity index (χ3v) is 3.65. The number of hydrogen-bond donors (Lipinski definition) is 2. The van der Waals surface area contributed by atoms with Gasteiger partial charge in [-0.1, -0.05) is 43.9 Å². The molecule has 0 spiro atoms. The van der Waals surface area contributed by atoms with Gasteiger partial charge in [0.15, 0.2) is 5.11 Å². The van der Waals surface area contributed by atoms with Gasteiger partial charge in [-0.05, 0) is 44.1 Å². The lowest BCUT2D eigenvalue weighted by molar-refractivity contribution is -0.119. The summed E-state index contributed by atoms with van der Waals surface area (Å²) in [5, 5.41) is 6.19. The highest BCUT2D eigenvalue weighted by Crippen LogP contribution is 2.11. The summed E-state index contributed by atoms with van der Waals surface area (Å²) in [6, 6.07) is 7.89. The number of rotatable bonds is 10. The van der Waals surface area contributed by atoms with E-state index in [1.165, 1.54) is 24.8 Å². The summed E-state index contributed by atoms with van der Waals surface area (Å²) in [5.41, 5.74) is 1.20. The van der Waals surface area contributed by atoms with E-state index in [4.69, 9.17) is 17.0 Å². The topological polar surface area (TPSA) is 50.4 Å². The molecule has 128 valence electrons. The van der Waals surface area contributed by atoms with Gasteiger partial charge in [0, 0.05) is 13.0 Å². The second-order valence-electron chi connectivity index (χ2n) is 5.63. The Morgan fingerprint density at radius 1 is 1.13 bits per heavy atom. The molecule has 0 radical (unpaired) electrons. The molecule has 2 N–H and O–H groups in total. The van der Waals surface area contributed by atoms with Gasteiger partial charge in [0.2, 0.25) is 5.91 Å². The van der Waals surface area contributed by atoms with Crippen LogP contribution in [-0.2, 0) is 4.79 Å². The van der Waals surface area contributed by atoms with Crippen molar-refractivity contribution in [1.29, 1.82) is 0 Å². The van der Waals surface area contributed by atoms with Gasteiger partial charge in [-0.3, -0.25) is 4.79 Å². The van der Waals surface area contributed by atoms with Crippen molar-refractivity contribution < 1.29 is 9.53 Å². The average molecular weight is 337 g/mol. The highest BCUT2D eigenvalue weighted by atomic mass is 32.1. The summed E-state index contributed by atoms with van der Waals surface area (Å²) in [7, 11) is 0. The Morgan fingerprint density at radius 2 is 1.87 bits per heavy atom. The van der Waals surface area contributed by atoms with E-state index in [0.717, 1.165) is 18.7 Å². The first-order valence-corrected chi connectivity index (χ1v) is 8.79. The van der Waals surface area contributed by atoms with Crippen LogP contribution in [0.3, 0.4) is 0 Å². The number of aryl methyl sites for hydroxylation is 1. The lowest BCUT2D eigenvalue weighted by atomic mass is 10.2. The lowest BCUT2D eigenvalue weighted by Gasteiger charge is -2.10. The zero-order chi connectivity index (χ0) is 16.9. The lowest BCUT2D eigenvalue weighted by Crippen LogP contribution is -2.39. The summed E-state index contributed by atoms with van der Waals surface area (Å²) >= 11 is 5.10.